The summed E-state index contributed by atoms with van der Waals surface area (Å²) in [5.74, 6) is 4.48. The fourth-order valence-corrected chi connectivity index (χ4v) is 11.4. The number of halogens is 12. The second-order valence-electron chi connectivity index (χ2n) is 11.0. The molecule has 0 spiro atoms. The van der Waals surface area contributed by atoms with Crippen molar-refractivity contribution in [3.63, 3.8) is 0 Å². The van der Waals surface area contributed by atoms with E-state index in [0.717, 1.165) is 23.0 Å². The van der Waals surface area contributed by atoms with Gasteiger partial charge in [0.2, 0.25) is 19.6 Å². The van der Waals surface area contributed by atoms with Gasteiger partial charge < -0.3 is 9.47 Å². The third kappa shape index (κ3) is 11.7. The van der Waals surface area contributed by atoms with E-state index in [4.69, 9.17) is 9.47 Å². The minimum atomic E-state index is -10.7. The molecule has 6 rings (SSSR count). The molecule has 2 aliphatic rings. The second kappa shape index (κ2) is 11.6. The number of rotatable bonds is 4. The van der Waals surface area contributed by atoms with Crippen LogP contribution >= 0.6 is 15.6 Å². The number of fused-ring (bicyclic) bond motifs is 4. The Morgan fingerprint density at radius 3 is 0.896 bits per heavy atom. The SMILES string of the molecule is CC(C)[C@H]([C@H](C)[S+]1c2ccccc2Oc2ccccc21)[S+]1c2ccccc2Oc2ccccc21.F[P-](F)(F)(F)(F)F.F[P-](F)(F)(F)(F)F. The Bertz CT molecular complexity index is 1660. The van der Waals surface area contributed by atoms with Gasteiger partial charge in [-0.25, -0.2) is 0 Å². The van der Waals surface area contributed by atoms with Crippen molar-refractivity contribution >= 4 is 37.4 Å². The van der Waals surface area contributed by atoms with Gasteiger partial charge in [0.1, 0.15) is 0 Å². The van der Waals surface area contributed by atoms with Crippen LogP contribution in [0.1, 0.15) is 20.8 Å². The van der Waals surface area contributed by atoms with Crippen LogP contribution in [-0.4, -0.2) is 10.5 Å². The van der Waals surface area contributed by atoms with Crippen LogP contribution in [0.3, 0.4) is 0 Å². The zero-order valence-corrected chi connectivity index (χ0v) is 28.5. The molecule has 0 aliphatic carbocycles. The summed E-state index contributed by atoms with van der Waals surface area (Å²) >= 11 is 0. The van der Waals surface area contributed by atoms with E-state index in [0.29, 0.717) is 16.4 Å². The average Bonchev–Trinajstić information content (AvgIpc) is 2.92. The van der Waals surface area contributed by atoms with Gasteiger partial charge in [-0.15, -0.1) is 0 Å². The van der Waals surface area contributed by atoms with Crippen molar-refractivity contribution in [3.8, 4) is 23.0 Å². The number of hydrogen-bond donors (Lipinski definition) is 0. The van der Waals surface area contributed by atoms with E-state index < -0.39 is 15.6 Å². The number of ether oxygens (including phenoxy) is 2. The molecule has 0 bridgehead atoms. The minimum absolute atomic E-state index is 0.104. The topological polar surface area (TPSA) is 18.5 Å². The molecule has 2 aliphatic heterocycles. The van der Waals surface area contributed by atoms with Crippen LogP contribution in [0.15, 0.2) is 117 Å². The predicted molar refractivity (Wildman–Crippen MR) is 169 cm³/mol. The van der Waals surface area contributed by atoms with Gasteiger partial charge in [-0.2, -0.15) is 0 Å². The molecule has 2 atom stereocenters. The van der Waals surface area contributed by atoms with Crippen molar-refractivity contribution < 1.29 is 59.8 Å². The molecular formula is C30H28F12O2P2S2. The summed E-state index contributed by atoms with van der Waals surface area (Å²) < 4.78 is 131. The van der Waals surface area contributed by atoms with E-state index >= 15 is 0 Å². The molecular weight excluding hydrogens is 746 g/mol. The predicted octanol–water partition coefficient (Wildman–Crippen LogP) is 14.8. The fraction of sp³-hybridized carbons (Fsp3) is 0.200. The molecule has 48 heavy (non-hydrogen) atoms. The normalized spacial score (nSPS) is 18.3. The molecule has 0 radical (unpaired) electrons. The van der Waals surface area contributed by atoms with Crippen LogP contribution in [0, 0.1) is 5.92 Å². The summed E-state index contributed by atoms with van der Waals surface area (Å²) in [5.41, 5.74) is 0. The van der Waals surface area contributed by atoms with Crippen molar-refractivity contribution in [2.45, 2.75) is 50.9 Å². The third-order valence-electron chi connectivity index (χ3n) is 6.55. The second-order valence-corrected chi connectivity index (χ2v) is 19.2. The van der Waals surface area contributed by atoms with Crippen molar-refractivity contribution in [1.82, 2.24) is 0 Å². The summed E-state index contributed by atoms with van der Waals surface area (Å²) in [6.07, 6.45) is 0. The van der Waals surface area contributed by atoms with Crippen LogP contribution in [0.25, 0.3) is 0 Å². The molecule has 2 nitrogen and oxygen atoms in total. The molecule has 266 valence electrons. The summed E-state index contributed by atoms with van der Waals surface area (Å²) in [5, 5.41) is 0.850. The van der Waals surface area contributed by atoms with Crippen LogP contribution in [-0.2, 0) is 21.8 Å². The zero-order chi connectivity index (χ0) is 36.0. The van der Waals surface area contributed by atoms with E-state index in [-0.39, 0.29) is 21.8 Å². The molecule has 2 heterocycles. The Kier molecular flexibility index (Phi) is 9.21. The first-order valence-corrected chi connectivity index (χ1v) is 20.5. The first-order chi connectivity index (χ1) is 21.5. The fourth-order valence-electron chi connectivity index (χ4n) is 5.17. The first-order valence-electron chi connectivity index (χ1n) is 13.8. The number of para-hydroxylation sites is 4. The zero-order valence-electron chi connectivity index (χ0n) is 25.0. The van der Waals surface area contributed by atoms with Gasteiger partial charge >= 0.3 is 66.0 Å². The summed E-state index contributed by atoms with van der Waals surface area (Å²) in [4.78, 5) is 5.28. The van der Waals surface area contributed by atoms with Crippen LogP contribution in [0.4, 0.5) is 50.4 Å². The molecule has 0 unspecified atom stereocenters. The van der Waals surface area contributed by atoms with E-state index in [2.05, 4.69) is 118 Å². The van der Waals surface area contributed by atoms with Gasteiger partial charge in [0.15, 0.2) is 33.5 Å². The Hall–Kier alpha value is -2.80. The maximum atomic E-state index is 9.87. The molecule has 4 aromatic rings. The van der Waals surface area contributed by atoms with Gasteiger partial charge in [-0.3, -0.25) is 0 Å². The number of benzene rings is 4. The molecule has 0 saturated carbocycles. The first kappa shape index (κ1) is 38.0. The van der Waals surface area contributed by atoms with Crippen molar-refractivity contribution in [1.29, 1.82) is 0 Å². The van der Waals surface area contributed by atoms with Crippen molar-refractivity contribution in [2.24, 2.45) is 5.92 Å². The monoisotopic (exact) mass is 774 g/mol. The molecule has 0 amide bonds. The van der Waals surface area contributed by atoms with E-state index in [9.17, 15) is 50.4 Å². The Labute approximate surface area is 273 Å². The van der Waals surface area contributed by atoms with Crippen LogP contribution in [0.2, 0.25) is 0 Å². The van der Waals surface area contributed by atoms with E-state index in [1.54, 1.807) is 0 Å². The molecule has 0 saturated heterocycles. The van der Waals surface area contributed by atoms with Gasteiger partial charge in [-0.05, 0) is 55.5 Å². The van der Waals surface area contributed by atoms with Crippen molar-refractivity contribution in [3.05, 3.63) is 97.1 Å². The Balaban J connectivity index is 0.000000314. The van der Waals surface area contributed by atoms with Crippen LogP contribution in [0.5, 0.6) is 23.0 Å². The third-order valence-corrected chi connectivity index (χ3v) is 12.5. The quantitative estimate of drug-likeness (QED) is 0.117. The summed E-state index contributed by atoms with van der Waals surface area (Å²) in [7, 11) is -21.5. The average molecular weight is 775 g/mol. The summed E-state index contributed by atoms with van der Waals surface area (Å²) in [6.45, 7) is 7.23. The Morgan fingerprint density at radius 1 is 0.417 bits per heavy atom. The van der Waals surface area contributed by atoms with Crippen molar-refractivity contribution in [2.75, 3.05) is 0 Å². The standard InChI is InChI=1S/C30H28O2S2.2F6P/c1-20(2)30(34-28-18-10-6-14-24(28)32-25-15-7-11-19-29(25)34)21(3)33-26-16-8-4-12-22(26)31-23-13-5-9-17-27(23)33;2*1-7(2,3,4,5)6/h4-21,30H,1-3H3;;/q+2;2*-1/t21-,30+;;/m0../s1. The van der Waals surface area contributed by atoms with E-state index in [1.807, 2.05) is 0 Å². The molecule has 0 fully saturated rings. The number of hydrogen-bond acceptors (Lipinski definition) is 2. The Morgan fingerprint density at radius 2 is 0.646 bits per heavy atom. The molecule has 18 heteroatoms. The van der Waals surface area contributed by atoms with Gasteiger partial charge in [0, 0.05) is 5.92 Å². The molecule has 4 aromatic carbocycles. The molecule has 0 aromatic heterocycles. The van der Waals surface area contributed by atoms with E-state index in [1.165, 1.54) is 19.6 Å². The molecule has 0 N–H and O–H groups in total. The summed E-state index contributed by atoms with van der Waals surface area (Å²) in [6, 6.07) is 34.4. The van der Waals surface area contributed by atoms with Gasteiger partial charge in [0.25, 0.3) is 0 Å². The van der Waals surface area contributed by atoms with Gasteiger partial charge in [0.05, 0.1) is 21.8 Å². The maximum absolute atomic E-state index is 10.7. The van der Waals surface area contributed by atoms with Crippen LogP contribution < -0.4 is 9.47 Å². The van der Waals surface area contributed by atoms with Gasteiger partial charge in [-0.1, -0.05) is 62.4 Å².